The van der Waals surface area contributed by atoms with Gasteiger partial charge >= 0.3 is 0 Å². The minimum atomic E-state index is -0.0604. The van der Waals surface area contributed by atoms with E-state index >= 15 is 0 Å². The van der Waals surface area contributed by atoms with E-state index in [-0.39, 0.29) is 5.91 Å². The molecule has 7 heteroatoms. The molecule has 0 saturated heterocycles. The Bertz CT molecular complexity index is 616. The van der Waals surface area contributed by atoms with Crippen LogP contribution in [0.25, 0.3) is 0 Å². The van der Waals surface area contributed by atoms with Crippen molar-refractivity contribution in [3.63, 3.8) is 0 Å². The fourth-order valence-corrected chi connectivity index (χ4v) is 2.10. The lowest BCUT2D eigenvalue weighted by atomic mass is 10.3. The standard InChI is InChI=1S/C13H18ClN5O/c1-4-18-10(3)12(8-16-18)17-13(20)5-6-19-9(2)11(14)7-15-19/h7-8H,4-6H2,1-3H3,(H,17,20). The van der Waals surface area contributed by atoms with Gasteiger partial charge in [0.2, 0.25) is 5.91 Å². The topological polar surface area (TPSA) is 64.7 Å². The molecule has 0 bridgehead atoms. The first-order chi connectivity index (χ1) is 9.52. The molecule has 20 heavy (non-hydrogen) atoms. The summed E-state index contributed by atoms with van der Waals surface area (Å²) in [5.41, 5.74) is 2.58. The third-order valence-corrected chi connectivity index (χ3v) is 3.64. The maximum atomic E-state index is 11.9. The molecule has 2 aromatic heterocycles. The van der Waals surface area contributed by atoms with Crippen LogP contribution in [0.2, 0.25) is 5.02 Å². The van der Waals surface area contributed by atoms with Gasteiger partial charge in [0, 0.05) is 13.0 Å². The Morgan fingerprint density at radius 3 is 2.50 bits per heavy atom. The summed E-state index contributed by atoms with van der Waals surface area (Å²) in [4.78, 5) is 11.9. The fourth-order valence-electron chi connectivity index (χ4n) is 1.96. The van der Waals surface area contributed by atoms with Gasteiger partial charge < -0.3 is 5.32 Å². The number of amides is 1. The molecule has 2 heterocycles. The minimum Gasteiger partial charge on any atom is -0.323 e. The predicted molar refractivity (Wildman–Crippen MR) is 77.9 cm³/mol. The SMILES string of the molecule is CCn1ncc(NC(=O)CCn2ncc(Cl)c2C)c1C. The molecule has 0 fully saturated rings. The van der Waals surface area contributed by atoms with Crippen molar-refractivity contribution in [2.24, 2.45) is 0 Å². The van der Waals surface area contributed by atoms with Crippen LogP contribution in [-0.4, -0.2) is 25.5 Å². The number of nitrogens with zero attached hydrogens (tertiary/aromatic N) is 4. The molecule has 2 rings (SSSR count). The summed E-state index contributed by atoms with van der Waals surface area (Å²) in [5.74, 6) is -0.0604. The summed E-state index contributed by atoms with van der Waals surface area (Å²) in [7, 11) is 0. The van der Waals surface area contributed by atoms with Crippen molar-refractivity contribution < 1.29 is 4.79 Å². The normalized spacial score (nSPS) is 10.8. The summed E-state index contributed by atoms with van der Waals surface area (Å²) < 4.78 is 3.57. The second-order valence-electron chi connectivity index (χ2n) is 4.56. The largest absolute Gasteiger partial charge is 0.323 e. The van der Waals surface area contributed by atoms with Crippen LogP contribution in [0.3, 0.4) is 0 Å². The molecule has 0 saturated carbocycles. The summed E-state index contributed by atoms with van der Waals surface area (Å²) in [5, 5.41) is 11.8. The number of carbonyl (C=O) groups excluding carboxylic acids is 1. The Morgan fingerprint density at radius 2 is 1.95 bits per heavy atom. The molecule has 0 aliphatic carbocycles. The molecule has 6 nitrogen and oxygen atoms in total. The van der Waals surface area contributed by atoms with Gasteiger partial charge in [0.1, 0.15) is 0 Å². The van der Waals surface area contributed by atoms with E-state index in [1.165, 1.54) is 0 Å². The molecule has 0 spiro atoms. The highest BCUT2D eigenvalue weighted by molar-refractivity contribution is 6.31. The van der Waals surface area contributed by atoms with Gasteiger partial charge in [-0.05, 0) is 20.8 Å². The molecule has 0 aliphatic rings. The van der Waals surface area contributed by atoms with Crippen LogP contribution in [-0.2, 0) is 17.9 Å². The highest BCUT2D eigenvalue weighted by Crippen LogP contribution is 2.15. The zero-order chi connectivity index (χ0) is 14.7. The van der Waals surface area contributed by atoms with Gasteiger partial charge in [0.15, 0.2) is 0 Å². The quantitative estimate of drug-likeness (QED) is 0.921. The van der Waals surface area contributed by atoms with Gasteiger partial charge in [0.05, 0.1) is 41.0 Å². The van der Waals surface area contributed by atoms with Gasteiger partial charge in [0.25, 0.3) is 0 Å². The molecule has 0 radical (unpaired) electrons. The van der Waals surface area contributed by atoms with E-state index < -0.39 is 0 Å². The molecule has 108 valence electrons. The third kappa shape index (κ3) is 3.01. The summed E-state index contributed by atoms with van der Waals surface area (Å²) in [6.45, 7) is 7.11. The van der Waals surface area contributed by atoms with Crippen molar-refractivity contribution in [3.8, 4) is 0 Å². The average Bonchev–Trinajstić information content (AvgIpc) is 2.93. The number of aryl methyl sites for hydroxylation is 2. The summed E-state index contributed by atoms with van der Waals surface area (Å²) >= 11 is 5.92. The lowest BCUT2D eigenvalue weighted by Gasteiger charge is -2.06. The molecule has 0 unspecified atom stereocenters. The second-order valence-corrected chi connectivity index (χ2v) is 4.97. The summed E-state index contributed by atoms with van der Waals surface area (Å²) in [6.07, 6.45) is 3.60. The molecular weight excluding hydrogens is 278 g/mol. The summed E-state index contributed by atoms with van der Waals surface area (Å²) in [6, 6.07) is 0. The number of nitrogens with one attached hydrogen (secondary N) is 1. The van der Waals surface area contributed by atoms with E-state index in [2.05, 4.69) is 15.5 Å². The van der Waals surface area contributed by atoms with E-state index in [0.717, 1.165) is 23.6 Å². The number of halogens is 1. The van der Waals surface area contributed by atoms with Crippen molar-refractivity contribution >= 4 is 23.2 Å². The predicted octanol–water partition coefficient (Wildman–Crippen LogP) is 2.40. The zero-order valence-electron chi connectivity index (χ0n) is 11.9. The number of aromatic nitrogens is 4. The van der Waals surface area contributed by atoms with Crippen LogP contribution >= 0.6 is 11.6 Å². The molecule has 0 aromatic carbocycles. The van der Waals surface area contributed by atoms with E-state index in [4.69, 9.17) is 11.6 Å². The van der Waals surface area contributed by atoms with Gasteiger partial charge in [-0.25, -0.2) is 0 Å². The van der Waals surface area contributed by atoms with Gasteiger partial charge in [-0.15, -0.1) is 0 Å². The van der Waals surface area contributed by atoms with Crippen LogP contribution < -0.4 is 5.32 Å². The van der Waals surface area contributed by atoms with Crippen LogP contribution in [0.5, 0.6) is 0 Å². The first-order valence-corrected chi connectivity index (χ1v) is 6.91. The van der Waals surface area contributed by atoms with Gasteiger partial charge in [-0.1, -0.05) is 11.6 Å². The molecule has 1 N–H and O–H groups in total. The molecule has 2 aromatic rings. The average molecular weight is 296 g/mol. The van der Waals surface area contributed by atoms with Gasteiger partial charge in [-0.2, -0.15) is 10.2 Å². The number of hydrogen-bond donors (Lipinski definition) is 1. The Kier molecular flexibility index (Phi) is 4.44. The Balaban J connectivity index is 1.92. The van der Waals surface area contributed by atoms with E-state index in [0.29, 0.717) is 18.0 Å². The van der Waals surface area contributed by atoms with Gasteiger partial charge in [-0.3, -0.25) is 14.2 Å². The minimum absolute atomic E-state index is 0.0604. The third-order valence-electron chi connectivity index (χ3n) is 3.27. The second kappa shape index (κ2) is 6.09. The van der Waals surface area contributed by atoms with Crippen LogP contribution in [0.4, 0.5) is 5.69 Å². The molecular formula is C13H18ClN5O. The van der Waals surface area contributed by atoms with Crippen molar-refractivity contribution in [2.45, 2.75) is 40.3 Å². The van der Waals surface area contributed by atoms with E-state index in [1.54, 1.807) is 17.1 Å². The highest BCUT2D eigenvalue weighted by atomic mass is 35.5. The lowest BCUT2D eigenvalue weighted by molar-refractivity contribution is -0.116. The van der Waals surface area contributed by atoms with Crippen molar-refractivity contribution in [1.29, 1.82) is 0 Å². The van der Waals surface area contributed by atoms with Crippen molar-refractivity contribution in [2.75, 3.05) is 5.32 Å². The van der Waals surface area contributed by atoms with Crippen molar-refractivity contribution in [3.05, 3.63) is 28.8 Å². The fraction of sp³-hybridized carbons (Fsp3) is 0.462. The zero-order valence-corrected chi connectivity index (χ0v) is 12.6. The lowest BCUT2D eigenvalue weighted by Crippen LogP contribution is -2.16. The van der Waals surface area contributed by atoms with Crippen molar-refractivity contribution in [1.82, 2.24) is 19.6 Å². The maximum absolute atomic E-state index is 11.9. The number of hydrogen-bond acceptors (Lipinski definition) is 3. The van der Waals surface area contributed by atoms with Crippen LogP contribution in [0, 0.1) is 13.8 Å². The first-order valence-electron chi connectivity index (χ1n) is 6.53. The monoisotopic (exact) mass is 295 g/mol. The smallest absolute Gasteiger partial charge is 0.226 e. The Morgan fingerprint density at radius 1 is 1.25 bits per heavy atom. The molecule has 0 atom stereocenters. The Labute approximate surface area is 122 Å². The van der Waals surface area contributed by atoms with Crippen LogP contribution in [0.15, 0.2) is 12.4 Å². The Hall–Kier alpha value is -1.82. The number of anilines is 1. The number of carbonyl (C=O) groups is 1. The molecule has 1 amide bonds. The van der Waals surface area contributed by atoms with E-state index in [1.807, 2.05) is 25.5 Å². The van der Waals surface area contributed by atoms with E-state index in [9.17, 15) is 4.79 Å². The first kappa shape index (κ1) is 14.6. The highest BCUT2D eigenvalue weighted by Gasteiger charge is 2.10. The molecule has 0 aliphatic heterocycles. The van der Waals surface area contributed by atoms with Crippen LogP contribution in [0.1, 0.15) is 24.7 Å². The maximum Gasteiger partial charge on any atom is 0.226 e. The number of rotatable bonds is 5.